The van der Waals surface area contributed by atoms with E-state index in [0.29, 0.717) is 0 Å². The largest absolute Gasteiger partial charge is 0.465 e. The summed E-state index contributed by atoms with van der Waals surface area (Å²) in [6, 6.07) is 10.8. The molecule has 0 unspecified atom stereocenters. The van der Waals surface area contributed by atoms with Crippen molar-refractivity contribution < 1.29 is 4.42 Å². The zero-order chi connectivity index (χ0) is 15.2. The Morgan fingerprint density at radius 3 is 2.52 bits per heavy atom. The fourth-order valence-electron chi connectivity index (χ4n) is 2.37. The van der Waals surface area contributed by atoms with Crippen LogP contribution in [-0.2, 0) is 13.1 Å². The normalized spacial score (nSPS) is 10.9. The van der Waals surface area contributed by atoms with E-state index in [9.17, 15) is 0 Å². The smallest absolute Gasteiger partial charge is 0.118 e. The summed E-state index contributed by atoms with van der Waals surface area (Å²) >= 11 is 0. The lowest BCUT2D eigenvalue weighted by Gasteiger charge is -2.19. The van der Waals surface area contributed by atoms with Crippen LogP contribution >= 0.6 is 0 Å². The fourth-order valence-corrected chi connectivity index (χ4v) is 2.37. The lowest BCUT2D eigenvalue weighted by atomic mass is 10.2. The second kappa shape index (κ2) is 7.32. The monoisotopic (exact) mass is 286 g/mol. The van der Waals surface area contributed by atoms with E-state index in [2.05, 4.69) is 61.4 Å². The summed E-state index contributed by atoms with van der Waals surface area (Å²) in [6.07, 6.45) is 1.14. The van der Waals surface area contributed by atoms with Gasteiger partial charge >= 0.3 is 0 Å². The predicted octanol–water partition coefficient (Wildman–Crippen LogP) is 4.03. The van der Waals surface area contributed by atoms with Gasteiger partial charge in [-0.2, -0.15) is 0 Å². The van der Waals surface area contributed by atoms with Crippen molar-refractivity contribution in [3.8, 4) is 0 Å². The van der Waals surface area contributed by atoms with Crippen LogP contribution in [0.25, 0.3) is 0 Å². The van der Waals surface area contributed by atoms with Crippen LogP contribution in [0.1, 0.15) is 36.0 Å². The third-order valence-electron chi connectivity index (χ3n) is 3.68. The minimum atomic E-state index is 0.808. The Hall–Kier alpha value is -1.74. The molecule has 2 rings (SSSR count). The first-order chi connectivity index (χ1) is 10.1. The van der Waals surface area contributed by atoms with Gasteiger partial charge in [0.2, 0.25) is 0 Å². The van der Waals surface area contributed by atoms with E-state index in [1.54, 1.807) is 0 Å². The third-order valence-corrected chi connectivity index (χ3v) is 3.68. The second-order valence-corrected chi connectivity index (χ2v) is 5.66. The van der Waals surface area contributed by atoms with Gasteiger partial charge in [-0.1, -0.05) is 24.6 Å². The maximum atomic E-state index is 5.83. The highest BCUT2D eigenvalue weighted by Crippen LogP contribution is 2.20. The molecule has 0 bridgehead atoms. The maximum Gasteiger partial charge on any atom is 0.118 e. The highest BCUT2D eigenvalue weighted by atomic mass is 16.3. The van der Waals surface area contributed by atoms with Gasteiger partial charge in [0.15, 0.2) is 0 Å². The molecule has 0 amide bonds. The Morgan fingerprint density at radius 2 is 1.86 bits per heavy atom. The average molecular weight is 286 g/mol. The summed E-state index contributed by atoms with van der Waals surface area (Å²) in [5.74, 6) is 2.04. The molecule has 21 heavy (non-hydrogen) atoms. The topological polar surface area (TPSA) is 28.4 Å². The minimum Gasteiger partial charge on any atom is -0.465 e. The molecule has 0 spiro atoms. The van der Waals surface area contributed by atoms with Crippen LogP contribution < -0.4 is 10.2 Å². The molecule has 0 atom stereocenters. The maximum absolute atomic E-state index is 5.83. The van der Waals surface area contributed by atoms with Crippen LogP contribution in [-0.4, -0.2) is 13.6 Å². The third kappa shape index (κ3) is 4.36. The van der Waals surface area contributed by atoms with Gasteiger partial charge in [0.05, 0.1) is 6.54 Å². The van der Waals surface area contributed by atoms with Crippen LogP contribution in [0, 0.1) is 13.8 Å². The minimum absolute atomic E-state index is 0.808. The molecule has 0 aliphatic carbocycles. The summed E-state index contributed by atoms with van der Waals surface area (Å²) in [7, 11) is 2.12. The Labute approximate surface area is 128 Å². The van der Waals surface area contributed by atoms with Crippen molar-refractivity contribution in [1.82, 2.24) is 5.32 Å². The first-order valence-electron chi connectivity index (χ1n) is 7.67. The highest BCUT2D eigenvalue weighted by Gasteiger charge is 2.10. The summed E-state index contributed by atoms with van der Waals surface area (Å²) < 4.78 is 5.83. The molecule has 0 aliphatic rings. The van der Waals surface area contributed by atoms with E-state index >= 15 is 0 Å². The fraction of sp³-hybridized carbons (Fsp3) is 0.444. The van der Waals surface area contributed by atoms with Crippen molar-refractivity contribution in [3.63, 3.8) is 0 Å². The first-order valence-corrected chi connectivity index (χ1v) is 7.67. The van der Waals surface area contributed by atoms with Gasteiger partial charge in [-0.05, 0) is 45.0 Å². The van der Waals surface area contributed by atoms with Gasteiger partial charge in [-0.25, -0.2) is 0 Å². The zero-order valence-electron chi connectivity index (χ0n) is 13.6. The summed E-state index contributed by atoms with van der Waals surface area (Å²) in [5, 5.41) is 3.38. The number of hydrogen-bond donors (Lipinski definition) is 1. The molecule has 1 aromatic carbocycles. The molecule has 0 radical (unpaired) electrons. The van der Waals surface area contributed by atoms with Crippen LogP contribution in [0.3, 0.4) is 0 Å². The molecule has 0 fully saturated rings. The quantitative estimate of drug-likeness (QED) is 0.779. The van der Waals surface area contributed by atoms with E-state index in [-0.39, 0.29) is 0 Å². The first kappa shape index (κ1) is 15.6. The van der Waals surface area contributed by atoms with Crippen LogP contribution in [0.5, 0.6) is 0 Å². The number of aryl methyl sites for hydroxylation is 2. The standard InChI is InChI=1S/C18H26N2O/c1-5-10-19-12-18-11-16(15(3)21-18)13-20(4)17-8-6-14(2)7-9-17/h6-9,11,19H,5,10,12-13H2,1-4H3. The molecule has 114 valence electrons. The van der Waals surface area contributed by atoms with Crippen molar-refractivity contribution in [3.05, 3.63) is 53.0 Å². The Bertz CT molecular complexity index is 557. The lowest BCUT2D eigenvalue weighted by Crippen LogP contribution is -2.16. The summed E-state index contributed by atoms with van der Waals surface area (Å²) in [6.45, 7) is 9.02. The number of anilines is 1. The van der Waals surface area contributed by atoms with Crippen LogP contribution in [0.4, 0.5) is 5.69 Å². The Kier molecular flexibility index (Phi) is 5.45. The molecule has 3 heteroatoms. The van der Waals surface area contributed by atoms with Crippen molar-refractivity contribution in [1.29, 1.82) is 0 Å². The molecule has 0 saturated carbocycles. The molecule has 1 aromatic heterocycles. The molecule has 1 N–H and O–H groups in total. The molecule has 2 aromatic rings. The predicted molar refractivity (Wildman–Crippen MR) is 88.7 cm³/mol. The van der Waals surface area contributed by atoms with Crippen LogP contribution in [0.2, 0.25) is 0 Å². The molecule has 0 aliphatic heterocycles. The molecule has 1 heterocycles. The number of nitrogens with one attached hydrogen (secondary N) is 1. The van der Waals surface area contributed by atoms with Gasteiger partial charge in [-0.15, -0.1) is 0 Å². The van der Waals surface area contributed by atoms with E-state index in [0.717, 1.165) is 37.6 Å². The molecular weight excluding hydrogens is 260 g/mol. The Morgan fingerprint density at radius 1 is 1.14 bits per heavy atom. The number of rotatable bonds is 7. The van der Waals surface area contributed by atoms with Crippen molar-refractivity contribution >= 4 is 5.69 Å². The molecule has 0 saturated heterocycles. The number of hydrogen-bond acceptors (Lipinski definition) is 3. The van der Waals surface area contributed by atoms with Crippen molar-refractivity contribution in [2.45, 2.75) is 40.3 Å². The number of furan rings is 1. The number of nitrogens with zero attached hydrogens (tertiary/aromatic N) is 1. The summed E-state index contributed by atoms with van der Waals surface area (Å²) in [4.78, 5) is 2.25. The zero-order valence-corrected chi connectivity index (χ0v) is 13.6. The SMILES string of the molecule is CCCNCc1cc(CN(C)c2ccc(C)cc2)c(C)o1. The van der Waals surface area contributed by atoms with Gasteiger partial charge < -0.3 is 14.6 Å². The van der Waals surface area contributed by atoms with Crippen molar-refractivity contribution in [2.75, 3.05) is 18.5 Å². The number of benzene rings is 1. The highest BCUT2D eigenvalue weighted by molar-refractivity contribution is 5.47. The lowest BCUT2D eigenvalue weighted by molar-refractivity contribution is 0.460. The van der Waals surface area contributed by atoms with E-state index in [1.807, 2.05) is 6.92 Å². The Balaban J connectivity index is 2.00. The van der Waals surface area contributed by atoms with Gasteiger partial charge in [0.25, 0.3) is 0 Å². The van der Waals surface area contributed by atoms with Gasteiger partial charge in [0.1, 0.15) is 11.5 Å². The van der Waals surface area contributed by atoms with E-state index in [1.165, 1.54) is 16.8 Å². The van der Waals surface area contributed by atoms with E-state index < -0.39 is 0 Å². The molecule has 3 nitrogen and oxygen atoms in total. The summed E-state index contributed by atoms with van der Waals surface area (Å²) in [5.41, 5.74) is 3.77. The van der Waals surface area contributed by atoms with Crippen molar-refractivity contribution in [2.24, 2.45) is 0 Å². The van der Waals surface area contributed by atoms with Gasteiger partial charge in [-0.3, -0.25) is 0 Å². The average Bonchev–Trinajstić information content (AvgIpc) is 2.80. The van der Waals surface area contributed by atoms with Crippen LogP contribution in [0.15, 0.2) is 34.7 Å². The second-order valence-electron chi connectivity index (χ2n) is 5.66. The molecular formula is C18H26N2O. The van der Waals surface area contributed by atoms with Gasteiger partial charge in [0, 0.05) is 24.8 Å². The van der Waals surface area contributed by atoms with E-state index in [4.69, 9.17) is 4.42 Å².